The van der Waals surface area contributed by atoms with Crippen LogP contribution in [0.1, 0.15) is 40.5 Å². The monoisotopic (exact) mass is 285 g/mol. The quantitative estimate of drug-likeness (QED) is 0.571. The second-order valence-corrected chi connectivity index (χ2v) is 5.87. The second-order valence-electron chi connectivity index (χ2n) is 5.87. The van der Waals surface area contributed by atoms with Crippen LogP contribution >= 0.6 is 0 Å². The molecule has 0 N–H and O–H groups in total. The van der Waals surface area contributed by atoms with Crippen LogP contribution in [-0.4, -0.2) is 48.0 Å². The van der Waals surface area contributed by atoms with E-state index < -0.39 is 29.6 Å². The number of nitrogens with zero attached hydrogens (tertiary/aromatic N) is 1. The van der Waals surface area contributed by atoms with Gasteiger partial charge in [0.1, 0.15) is 11.5 Å². The zero-order valence-corrected chi connectivity index (χ0v) is 12.8. The lowest BCUT2D eigenvalue weighted by atomic mass is 9.86. The van der Waals surface area contributed by atoms with Gasteiger partial charge < -0.3 is 14.4 Å². The summed E-state index contributed by atoms with van der Waals surface area (Å²) in [7, 11) is 1.24. The molecule has 0 spiro atoms. The molecule has 2 atom stereocenters. The van der Waals surface area contributed by atoms with Crippen molar-refractivity contribution >= 4 is 17.8 Å². The molecule has 6 nitrogen and oxygen atoms in total. The summed E-state index contributed by atoms with van der Waals surface area (Å²) in [6, 6.07) is -0.501. The van der Waals surface area contributed by atoms with Gasteiger partial charge in [0, 0.05) is 13.0 Å². The van der Waals surface area contributed by atoms with Gasteiger partial charge in [-0.25, -0.2) is 4.79 Å². The fraction of sp³-hybridized carbons (Fsp3) is 0.786. The number of rotatable bonds is 2. The highest BCUT2D eigenvalue weighted by molar-refractivity contribution is 6.01. The van der Waals surface area contributed by atoms with Crippen LogP contribution in [0.2, 0.25) is 0 Å². The van der Waals surface area contributed by atoms with Crippen molar-refractivity contribution in [3.8, 4) is 0 Å². The van der Waals surface area contributed by atoms with Gasteiger partial charge in [-0.15, -0.1) is 0 Å². The van der Waals surface area contributed by atoms with Crippen LogP contribution in [0.3, 0.4) is 0 Å². The molecule has 1 aliphatic rings. The average molecular weight is 285 g/mol. The smallest absolute Gasteiger partial charge is 0.410 e. The number of ketones is 1. The predicted molar refractivity (Wildman–Crippen MR) is 72.1 cm³/mol. The first-order valence-electron chi connectivity index (χ1n) is 6.81. The summed E-state index contributed by atoms with van der Waals surface area (Å²) < 4.78 is 10.0. The molecule has 0 bridgehead atoms. The Labute approximate surface area is 119 Å². The number of carbonyl (C=O) groups is 3. The van der Waals surface area contributed by atoms with Gasteiger partial charge in [-0.1, -0.05) is 6.92 Å². The van der Waals surface area contributed by atoms with Gasteiger partial charge in [-0.05, 0) is 27.2 Å². The Bertz CT molecular complexity index is 391. The first kappa shape index (κ1) is 16.5. The largest absolute Gasteiger partial charge is 0.468 e. The average Bonchev–Trinajstić information content (AvgIpc) is 2.35. The number of amides is 1. The topological polar surface area (TPSA) is 72.9 Å². The molecule has 1 aliphatic heterocycles. The normalized spacial score (nSPS) is 23.4. The molecule has 1 saturated heterocycles. The van der Waals surface area contributed by atoms with Crippen LogP contribution in [-0.2, 0) is 19.1 Å². The van der Waals surface area contributed by atoms with Gasteiger partial charge >= 0.3 is 12.1 Å². The molecule has 1 fully saturated rings. The van der Waals surface area contributed by atoms with Crippen LogP contribution in [0.5, 0.6) is 0 Å². The summed E-state index contributed by atoms with van der Waals surface area (Å²) in [6.07, 6.45) is 0.144. The summed E-state index contributed by atoms with van der Waals surface area (Å²) >= 11 is 0. The van der Waals surface area contributed by atoms with Crippen molar-refractivity contribution in [2.75, 3.05) is 13.7 Å². The molecule has 0 aromatic carbocycles. The predicted octanol–water partition coefficient (Wildman–Crippen LogP) is 1.76. The number of hydrogen-bond acceptors (Lipinski definition) is 5. The van der Waals surface area contributed by atoms with E-state index in [1.54, 1.807) is 20.8 Å². The highest BCUT2D eigenvalue weighted by Crippen LogP contribution is 2.26. The zero-order chi connectivity index (χ0) is 15.5. The summed E-state index contributed by atoms with van der Waals surface area (Å²) in [5.74, 6) is -1.68. The first-order chi connectivity index (χ1) is 9.21. The van der Waals surface area contributed by atoms with E-state index in [1.165, 1.54) is 12.0 Å². The molecule has 0 aliphatic carbocycles. The summed E-state index contributed by atoms with van der Waals surface area (Å²) in [5.41, 5.74) is -0.613. The lowest BCUT2D eigenvalue weighted by Crippen LogP contribution is -2.55. The third kappa shape index (κ3) is 3.71. The number of likely N-dealkylation sites (tertiary alicyclic amines) is 1. The van der Waals surface area contributed by atoms with E-state index in [2.05, 4.69) is 4.74 Å². The minimum atomic E-state index is -0.911. The van der Waals surface area contributed by atoms with Crippen LogP contribution in [0.15, 0.2) is 0 Å². The highest BCUT2D eigenvalue weighted by atomic mass is 16.6. The second kappa shape index (κ2) is 6.24. The SMILES string of the molecule is CC[C@H]1[C@@H](C(=O)OC)C(=O)CCN1C(=O)OC(C)(C)C. The minimum absolute atomic E-state index is 0.148. The Balaban J connectivity index is 2.94. The number of carbonyl (C=O) groups excluding carboxylic acids is 3. The van der Waals surface area contributed by atoms with Crippen molar-refractivity contribution in [3.05, 3.63) is 0 Å². The number of esters is 1. The van der Waals surface area contributed by atoms with E-state index >= 15 is 0 Å². The molecule has 0 radical (unpaired) electrons. The van der Waals surface area contributed by atoms with Crippen molar-refractivity contribution < 1.29 is 23.9 Å². The number of ether oxygens (including phenoxy) is 2. The van der Waals surface area contributed by atoms with Crippen LogP contribution in [0.4, 0.5) is 4.79 Å². The zero-order valence-electron chi connectivity index (χ0n) is 12.8. The fourth-order valence-corrected chi connectivity index (χ4v) is 2.37. The first-order valence-corrected chi connectivity index (χ1v) is 6.81. The molecule has 0 saturated carbocycles. The third-order valence-corrected chi connectivity index (χ3v) is 3.23. The van der Waals surface area contributed by atoms with Gasteiger partial charge in [0.2, 0.25) is 0 Å². The summed E-state index contributed by atoms with van der Waals surface area (Å²) in [6.45, 7) is 7.44. The van der Waals surface area contributed by atoms with Crippen molar-refractivity contribution in [1.29, 1.82) is 0 Å². The van der Waals surface area contributed by atoms with Crippen molar-refractivity contribution in [2.45, 2.75) is 52.2 Å². The van der Waals surface area contributed by atoms with Crippen LogP contribution in [0, 0.1) is 5.92 Å². The maximum absolute atomic E-state index is 12.2. The van der Waals surface area contributed by atoms with Gasteiger partial charge in [-0.3, -0.25) is 9.59 Å². The Hall–Kier alpha value is -1.59. The van der Waals surface area contributed by atoms with E-state index in [1.807, 2.05) is 6.92 Å². The molecule has 20 heavy (non-hydrogen) atoms. The number of methoxy groups -OCH3 is 1. The minimum Gasteiger partial charge on any atom is -0.468 e. The molecule has 0 unspecified atom stereocenters. The maximum Gasteiger partial charge on any atom is 0.410 e. The lowest BCUT2D eigenvalue weighted by Gasteiger charge is -2.39. The number of hydrogen-bond donors (Lipinski definition) is 0. The Morgan fingerprint density at radius 2 is 1.95 bits per heavy atom. The fourth-order valence-electron chi connectivity index (χ4n) is 2.37. The Kier molecular flexibility index (Phi) is 5.14. The van der Waals surface area contributed by atoms with E-state index in [4.69, 9.17) is 4.74 Å². The molecule has 1 amide bonds. The van der Waals surface area contributed by atoms with E-state index in [0.29, 0.717) is 6.42 Å². The molecular weight excluding hydrogens is 262 g/mol. The van der Waals surface area contributed by atoms with Crippen molar-refractivity contribution in [3.63, 3.8) is 0 Å². The maximum atomic E-state index is 12.2. The van der Waals surface area contributed by atoms with Gasteiger partial charge in [-0.2, -0.15) is 0 Å². The van der Waals surface area contributed by atoms with Crippen molar-refractivity contribution in [1.82, 2.24) is 4.90 Å². The van der Waals surface area contributed by atoms with E-state index in [0.717, 1.165) is 0 Å². The molecule has 1 rings (SSSR count). The van der Waals surface area contributed by atoms with Crippen LogP contribution < -0.4 is 0 Å². The molecule has 1 heterocycles. The van der Waals surface area contributed by atoms with Gasteiger partial charge in [0.05, 0.1) is 13.2 Å². The third-order valence-electron chi connectivity index (χ3n) is 3.23. The van der Waals surface area contributed by atoms with E-state index in [-0.39, 0.29) is 18.7 Å². The highest BCUT2D eigenvalue weighted by Gasteiger charge is 2.44. The number of piperidine rings is 1. The summed E-state index contributed by atoms with van der Waals surface area (Å²) in [5, 5.41) is 0. The standard InChI is InChI=1S/C14H23NO5/c1-6-9-11(12(17)19-5)10(16)7-8-15(9)13(18)20-14(2,3)4/h9,11H,6-8H2,1-5H3/t9-,11+/m0/s1. The van der Waals surface area contributed by atoms with Gasteiger partial charge in [0.15, 0.2) is 5.78 Å². The van der Waals surface area contributed by atoms with Gasteiger partial charge in [0.25, 0.3) is 0 Å². The van der Waals surface area contributed by atoms with E-state index in [9.17, 15) is 14.4 Å². The summed E-state index contributed by atoms with van der Waals surface area (Å²) in [4.78, 5) is 37.4. The van der Waals surface area contributed by atoms with Crippen LogP contribution in [0.25, 0.3) is 0 Å². The molecule has 0 aromatic rings. The molecule has 114 valence electrons. The number of Topliss-reactive ketones (excluding diaryl/α,β-unsaturated/α-hetero) is 1. The Morgan fingerprint density at radius 1 is 1.35 bits per heavy atom. The molecule has 6 heteroatoms. The molecular formula is C14H23NO5. The molecule has 0 aromatic heterocycles. The Morgan fingerprint density at radius 3 is 2.40 bits per heavy atom. The van der Waals surface area contributed by atoms with Crippen molar-refractivity contribution in [2.24, 2.45) is 5.92 Å². The lowest BCUT2D eigenvalue weighted by molar-refractivity contribution is -0.154.